The van der Waals surface area contributed by atoms with E-state index in [1.54, 1.807) is 6.92 Å². The minimum absolute atomic E-state index is 0.0370. The smallest absolute Gasteiger partial charge is 0.318 e. The largest absolute Gasteiger partial charge is 0.381 e. The number of hydrogen-bond acceptors (Lipinski definition) is 7. The fourth-order valence-corrected chi connectivity index (χ4v) is 3.49. The van der Waals surface area contributed by atoms with Crippen LogP contribution in [0.1, 0.15) is 69.7 Å². The number of alkyl halides is 2. The summed E-state index contributed by atoms with van der Waals surface area (Å²) in [6.07, 6.45) is 0.627. The van der Waals surface area contributed by atoms with Gasteiger partial charge in [0.1, 0.15) is 6.04 Å². The van der Waals surface area contributed by atoms with E-state index >= 15 is 0 Å². The number of aromatic nitrogens is 2. The van der Waals surface area contributed by atoms with E-state index in [1.807, 2.05) is 0 Å². The summed E-state index contributed by atoms with van der Waals surface area (Å²) in [6, 6.07) is -2.96. The average molecular weight is 459 g/mol. The maximum atomic E-state index is 13.8. The molecule has 3 N–H and O–H groups in total. The maximum absolute atomic E-state index is 13.8. The first-order valence-electron chi connectivity index (χ1n) is 11.0. The molecule has 2 aliphatic rings. The first-order valence-corrected chi connectivity index (χ1v) is 11.0. The zero-order valence-corrected chi connectivity index (χ0v) is 18.4. The molecular formula is C20H31F2N5O5. The van der Waals surface area contributed by atoms with Crippen molar-refractivity contribution in [1.29, 1.82) is 0 Å². The number of aliphatic hydroxyl groups excluding tert-OH is 1. The van der Waals surface area contributed by atoms with Crippen molar-refractivity contribution in [2.45, 2.75) is 76.0 Å². The Hall–Kier alpha value is -2.34. The molecule has 2 fully saturated rings. The topological polar surface area (TPSA) is 130 Å². The van der Waals surface area contributed by atoms with Gasteiger partial charge in [-0.05, 0) is 32.6 Å². The van der Waals surface area contributed by atoms with Crippen molar-refractivity contribution in [3.63, 3.8) is 0 Å². The molecule has 1 unspecified atom stereocenters. The highest BCUT2D eigenvalue weighted by Crippen LogP contribution is 2.38. The number of urea groups is 1. The number of aliphatic hydroxyl groups is 1. The van der Waals surface area contributed by atoms with Gasteiger partial charge in [0.25, 0.3) is 5.89 Å². The SMILES string of the molecule is CC[C@H](NC(=O)C(CC(C)(F)F)NC(=O)N1CCCOCC1)[C@H](O)c1nc(C2CC2)no1. The Kier molecular flexibility index (Phi) is 7.99. The maximum Gasteiger partial charge on any atom is 0.318 e. The molecule has 1 aliphatic carbocycles. The zero-order valence-electron chi connectivity index (χ0n) is 18.4. The molecule has 3 amide bonds. The third-order valence-corrected chi connectivity index (χ3v) is 5.49. The molecule has 0 aromatic carbocycles. The molecule has 1 saturated carbocycles. The molecule has 180 valence electrons. The number of ether oxygens (including phenoxy) is 1. The highest BCUT2D eigenvalue weighted by molar-refractivity contribution is 5.87. The Balaban J connectivity index is 1.65. The molecule has 1 saturated heterocycles. The minimum Gasteiger partial charge on any atom is -0.381 e. The highest BCUT2D eigenvalue weighted by atomic mass is 19.3. The van der Waals surface area contributed by atoms with Crippen LogP contribution >= 0.6 is 0 Å². The van der Waals surface area contributed by atoms with Crippen LogP contribution in [-0.2, 0) is 9.53 Å². The Bertz CT molecular complexity index is 775. The van der Waals surface area contributed by atoms with Crippen LogP contribution in [-0.4, -0.2) is 76.4 Å². The summed E-state index contributed by atoms with van der Waals surface area (Å²) >= 11 is 0. The van der Waals surface area contributed by atoms with Gasteiger partial charge >= 0.3 is 6.03 Å². The molecule has 1 aromatic heterocycles. The predicted molar refractivity (Wildman–Crippen MR) is 108 cm³/mol. The van der Waals surface area contributed by atoms with Gasteiger partial charge in [-0.2, -0.15) is 4.98 Å². The lowest BCUT2D eigenvalue weighted by atomic mass is 10.0. The van der Waals surface area contributed by atoms with Gasteiger partial charge in [-0.15, -0.1) is 0 Å². The molecule has 2 heterocycles. The Morgan fingerprint density at radius 3 is 2.69 bits per heavy atom. The van der Waals surface area contributed by atoms with Crippen molar-refractivity contribution < 1.29 is 32.7 Å². The third-order valence-electron chi connectivity index (χ3n) is 5.49. The van der Waals surface area contributed by atoms with Crippen LogP contribution in [0.15, 0.2) is 4.52 Å². The molecule has 10 nitrogen and oxygen atoms in total. The summed E-state index contributed by atoms with van der Waals surface area (Å²) in [6.45, 7) is 3.95. The van der Waals surface area contributed by atoms with Crippen LogP contribution in [0.3, 0.4) is 0 Å². The molecule has 3 atom stereocenters. The lowest BCUT2D eigenvalue weighted by molar-refractivity contribution is -0.127. The van der Waals surface area contributed by atoms with Crippen LogP contribution in [0.25, 0.3) is 0 Å². The lowest BCUT2D eigenvalue weighted by Gasteiger charge is -2.28. The van der Waals surface area contributed by atoms with Gasteiger partial charge in [0, 0.05) is 32.0 Å². The molecule has 1 aliphatic heterocycles. The van der Waals surface area contributed by atoms with E-state index in [4.69, 9.17) is 9.26 Å². The summed E-state index contributed by atoms with van der Waals surface area (Å²) in [5.41, 5.74) is 0. The lowest BCUT2D eigenvalue weighted by Crippen LogP contribution is -2.55. The molecule has 0 spiro atoms. The van der Waals surface area contributed by atoms with Gasteiger partial charge in [0.05, 0.1) is 12.6 Å². The van der Waals surface area contributed by atoms with Crippen LogP contribution in [0, 0.1) is 0 Å². The van der Waals surface area contributed by atoms with E-state index in [0.717, 1.165) is 12.8 Å². The van der Waals surface area contributed by atoms with Crippen molar-refractivity contribution >= 4 is 11.9 Å². The first-order chi connectivity index (χ1) is 15.2. The number of amides is 3. The van der Waals surface area contributed by atoms with Crippen molar-refractivity contribution in [2.24, 2.45) is 0 Å². The van der Waals surface area contributed by atoms with E-state index in [2.05, 4.69) is 20.8 Å². The summed E-state index contributed by atoms with van der Waals surface area (Å²) < 4.78 is 38.0. The van der Waals surface area contributed by atoms with Crippen molar-refractivity contribution in [2.75, 3.05) is 26.3 Å². The number of nitrogens with zero attached hydrogens (tertiary/aromatic N) is 3. The zero-order chi connectivity index (χ0) is 23.3. The van der Waals surface area contributed by atoms with Gasteiger partial charge < -0.3 is 29.9 Å². The Morgan fingerprint density at radius 2 is 2.03 bits per heavy atom. The van der Waals surface area contributed by atoms with E-state index in [1.165, 1.54) is 4.90 Å². The Labute approximate surface area is 185 Å². The summed E-state index contributed by atoms with van der Waals surface area (Å²) in [5.74, 6) is -3.31. The number of rotatable bonds is 9. The molecular weight excluding hydrogens is 428 g/mol. The number of nitrogens with one attached hydrogen (secondary N) is 2. The Morgan fingerprint density at radius 1 is 1.28 bits per heavy atom. The van der Waals surface area contributed by atoms with E-state index in [9.17, 15) is 23.5 Å². The molecule has 0 bridgehead atoms. The molecule has 12 heteroatoms. The van der Waals surface area contributed by atoms with Crippen LogP contribution in [0.5, 0.6) is 0 Å². The quantitative estimate of drug-likeness (QED) is 0.513. The van der Waals surface area contributed by atoms with E-state index in [-0.39, 0.29) is 18.2 Å². The van der Waals surface area contributed by atoms with Crippen LogP contribution in [0.4, 0.5) is 13.6 Å². The second-order valence-corrected chi connectivity index (χ2v) is 8.46. The number of carbonyl (C=O) groups excluding carboxylic acids is 2. The van der Waals surface area contributed by atoms with E-state index in [0.29, 0.717) is 45.5 Å². The van der Waals surface area contributed by atoms with Crippen molar-refractivity contribution in [3.8, 4) is 0 Å². The number of hydrogen-bond donors (Lipinski definition) is 3. The summed E-state index contributed by atoms with van der Waals surface area (Å²) in [5, 5.41) is 19.4. The fourth-order valence-electron chi connectivity index (χ4n) is 3.49. The van der Waals surface area contributed by atoms with Crippen LogP contribution in [0.2, 0.25) is 0 Å². The molecule has 3 rings (SSSR count). The third kappa shape index (κ3) is 6.83. The van der Waals surface area contributed by atoms with Gasteiger partial charge in [-0.3, -0.25) is 4.79 Å². The second-order valence-electron chi connectivity index (χ2n) is 8.46. The summed E-state index contributed by atoms with van der Waals surface area (Å²) in [4.78, 5) is 31.1. The minimum atomic E-state index is -3.19. The van der Waals surface area contributed by atoms with Gasteiger partial charge in [0.15, 0.2) is 11.9 Å². The van der Waals surface area contributed by atoms with Gasteiger partial charge in [-0.1, -0.05) is 12.1 Å². The summed E-state index contributed by atoms with van der Waals surface area (Å²) in [7, 11) is 0. The monoisotopic (exact) mass is 459 g/mol. The molecule has 1 aromatic rings. The van der Waals surface area contributed by atoms with Gasteiger partial charge in [0.2, 0.25) is 11.8 Å². The average Bonchev–Trinajstić information content (AvgIpc) is 3.52. The second kappa shape index (κ2) is 10.5. The van der Waals surface area contributed by atoms with E-state index < -0.39 is 42.5 Å². The van der Waals surface area contributed by atoms with Gasteiger partial charge in [-0.25, -0.2) is 13.6 Å². The molecule has 0 radical (unpaired) electrons. The predicted octanol–water partition coefficient (Wildman–Crippen LogP) is 1.72. The van der Waals surface area contributed by atoms with Crippen molar-refractivity contribution in [1.82, 2.24) is 25.7 Å². The van der Waals surface area contributed by atoms with Crippen molar-refractivity contribution in [3.05, 3.63) is 11.7 Å². The highest BCUT2D eigenvalue weighted by Gasteiger charge is 2.36. The normalized spacial score (nSPS) is 20.2. The first kappa shape index (κ1) is 24.3. The van der Waals surface area contributed by atoms with Crippen LogP contribution < -0.4 is 10.6 Å². The number of halogens is 2. The standard InChI is InChI=1S/C20H31F2N5O5/c1-3-13(15(28)18-25-16(26-32-18)12-5-6-12)23-17(29)14(11-20(2,21)22)24-19(30)27-7-4-9-31-10-8-27/h12-15,28H,3-11H2,1-2H3,(H,23,29)(H,24,30)/t13-,14?,15-/m0/s1. The molecule has 32 heavy (non-hydrogen) atoms. The fraction of sp³-hybridized carbons (Fsp3) is 0.800. The number of carbonyl (C=O) groups is 2.